The van der Waals surface area contributed by atoms with Gasteiger partial charge in [-0.05, 0) is 17.6 Å². The molecule has 0 spiro atoms. The van der Waals surface area contributed by atoms with Crippen molar-refractivity contribution in [3.63, 3.8) is 0 Å². The number of fused-ring (bicyclic) bond motifs is 1. The Morgan fingerprint density at radius 3 is 3.09 bits per heavy atom. The maximum absolute atomic E-state index is 5.65. The quantitative estimate of drug-likeness (QED) is 0.506. The van der Waals surface area contributed by atoms with Crippen LogP contribution in [0, 0.1) is 6.21 Å². The highest BCUT2D eigenvalue weighted by atomic mass is 35.5. The third-order valence-corrected chi connectivity index (χ3v) is 1.54. The number of hydrogen-bond donors (Lipinski definition) is 0. The van der Waals surface area contributed by atoms with Crippen LogP contribution < -0.4 is 9.85 Å². The van der Waals surface area contributed by atoms with Gasteiger partial charge in [0.25, 0.3) is 0 Å². The van der Waals surface area contributed by atoms with Crippen molar-refractivity contribution in [2.75, 3.05) is 0 Å². The van der Waals surface area contributed by atoms with Crippen LogP contribution in [0.3, 0.4) is 0 Å². The van der Waals surface area contributed by atoms with E-state index in [4.69, 9.17) is 11.6 Å². The van der Waals surface area contributed by atoms with Crippen LogP contribution in [0.4, 0.5) is 0 Å². The van der Waals surface area contributed by atoms with Gasteiger partial charge in [0.2, 0.25) is 5.70 Å². The summed E-state index contributed by atoms with van der Waals surface area (Å²) in [7, 11) is 0. The summed E-state index contributed by atoms with van der Waals surface area (Å²) in [5.41, 5.74) is 1.46. The van der Waals surface area contributed by atoms with E-state index < -0.39 is 0 Å². The molecule has 2 heterocycles. The summed E-state index contributed by atoms with van der Waals surface area (Å²) in [6.45, 7) is 3.67. The second-order valence-corrected chi connectivity index (χ2v) is 2.58. The summed E-state index contributed by atoms with van der Waals surface area (Å²) in [4.78, 5) is 4.08. The lowest BCUT2D eigenvalue weighted by atomic mass is 10.6. The van der Waals surface area contributed by atoms with Crippen molar-refractivity contribution in [1.82, 2.24) is 5.10 Å². The Hall–Kier alpha value is -1.22. The van der Waals surface area contributed by atoms with Crippen LogP contribution in [-0.4, -0.2) is 5.10 Å². The number of allylic oxidation sites excluding steroid dienone is 1. The molecule has 2 rings (SSSR count). The Bertz CT molecular complexity index is 435. The monoisotopic (exact) mass is 166 g/mol. The maximum Gasteiger partial charge on any atom is 0.349 e. The molecule has 0 aromatic carbocycles. The molecule has 1 aliphatic heterocycles. The van der Waals surface area contributed by atoms with Crippen molar-refractivity contribution in [2.24, 2.45) is 4.99 Å². The summed E-state index contributed by atoms with van der Waals surface area (Å²) < 4.78 is 1.60. The molecule has 1 aromatic heterocycles. The van der Waals surface area contributed by atoms with Crippen molar-refractivity contribution in [1.29, 1.82) is 0 Å². The van der Waals surface area contributed by atoms with Crippen LogP contribution >= 0.6 is 11.6 Å². The van der Waals surface area contributed by atoms with Gasteiger partial charge < -0.3 is 0 Å². The van der Waals surface area contributed by atoms with E-state index in [0.717, 1.165) is 5.49 Å². The lowest BCUT2D eigenvalue weighted by molar-refractivity contribution is -0.588. The summed E-state index contributed by atoms with van der Waals surface area (Å²) in [6, 6.07) is 3.49. The van der Waals surface area contributed by atoms with E-state index in [1.54, 1.807) is 22.7 Å². The van der Waals surface area contributed by atoms with Gasteiger partial charge >= 0.3 is 5.49 Å². The third-order valence-electron chi connectivity index (χ3n) is 1.34. The van der Waals surface area contributed by atoms with Crippen molar-refractivity contribution in [2.45, 2.75) is 0 Å². The van der Waals surface area contributed by atoms with Crippen molar-refractivity contribution >= 4 is 11.6 Å². The van der Waals surface area contributed by atoms with Gasteiger partial charge in [0, 0.05) is 6.07 Å². The lowest BCUT2D eigenvalue weighted by Gasteiger charge is -1.78. The average molecular weight is 167 g/mol. The lowest BCUT2D eigenvalue weighted by Crippen LogP contribution is -2.37. The van der Waals surface area contributed by atoms with E-state index in [-0.39, 0.29) is 0 Å². The highest BCUT2D eigenvalue weighted by molar-refractivity contribution is 6.29. The Morgan fingerprint density at radius 2 is 2.27 bits per heavy atom. The van der Waals surface area contributed by atoms with Gasteiger partial charge in [-0.1, -0.05) is 21.1 Å². The first-order valence-corrected chi connectivity index (χ1v) is 3.47. The molecule has 0 bridgehead atoms. The second kappa shape index (κ2) is 2.13. The largest absolute Gasteiger partial charge is 0.349 e. The molecule has 11 heavy (non-hydrogen) atoms. The summed E-state index contributed by atoms with van der Waals surface area (Å²) in [5, 5.41) is 4.43. The van der Waals surface area contributed by atoms with Gasteiger partial charge in [-0.3, -0.25) is 0 Å². The van der Waals surface area contributed by atoms with E-state index in [9.17, 15) is 0 Å². The standard InChI is InChI=1S/C7H5ClN3/c1-5-4-11-7(9-5)3-2-6(8)10-11/h2-4H,1H2/q+1. The van der Waals surface area contributed by atoms with Gasteiger partial charge in [-0.15, -0.1) is 0 Å². The SMILES string of the molecule is C=C1C=[n+]2nc(Cl)ccc2=N1. The summed E-state index contributed by atoms with van der Waals surface area (Å²) >= 11 is 5.65. The van der Waals surface area contributed by atoms with Gasteiger partial charge in [0.05, 0.1) is 0 Å². The zero-order chi connectivity index (χ0) is 7.84. The van der Waals surface area contributed by atoms with Crippen LogP contribution in [0.5, 0.6) is 0 Å². The topological polar surface area (TPSA) is 31.2 Å². The van der Waals surface area contributed by atoms with Crippen LogP contribution in [0.2, 0.25) is 5.15 Å². The van der Waals surface area contributed by atoms with E-state index >= 15 is 0 Å². The number of nitrogens with zero attached hydrogens (tertiary/aromatic N) is 3. The van der Waals surface area contributed by atoms with Crippen molar-refractivity contribution in [3.8, 4) is 0 Å². The number of hydrogen-bond acceptors (Lipinski definition) is 2. The Labute approximate surface area is 68.0 Å². The van der Waals surface area contributed by atoms with E-state index in [1.807, 2.05) is 0 Å². The molecule has 54 valence electrons. The molecule has 4 heteroatoms. The first-order chi connectivity index (χ1) is 5.25. The molecule has 3 nitrogen and oxygen atoms in total. The minimum absolute atomic E-state index is 0.454. The molecule has 0 saturated heterocycles. The van der Waals surface area contributed by atoms with Gasteiger partial charge in [0.15, 0.2) is 11.4 Å². The fourth-order valence-electron chi connectivity index (χ4n) is 0.908. The fraction of sp³-hybridized carbons (Fsp3) is 0. The number of aromatic nitrogens is 2. The van der Waals surface area contributed by atoms with Crippen LogP contribution in [0.15, 0.2) is 29.4 Å². The second-order valence-electron chi connectivity index (χ2n) is 2.19. The van der Waals surface area contributed by atoms with Crippen molar-refractivity contribution < 1.29 is 4.36 Å². The molecule has 0 aliphatic carbocycles. The molecule has 0 fully saturated rings. The first-order valence-electron chi connectivity index (χ1n) is 3.09. The zero-order valence-electron chi connectivity index (χ0n) is 5.66. The van der Waals surface area contributed by atoms with Crippen LogP contribution in [-0.2, 0) is 0 Å². The van der Waals surface area contributed by atoms with Gasteiger partial charge in [-0.2, -0.15) is 0 Å². The maximum atomic E-state index is 5.65. The van der Waals surface area contributed by atoms with Gasteiger partial charge in [-0.25, -0.2) is 0 Å². The molecule has 0 N–H and O–H groups in total. The van der Waals surface area contributed by atoms with E-state index in [2.05, 4.69) is 16.7 Å². The Balaban J connectivity index is 2.89. The zero-order valence-corrected chi connectivity index (χ0v) is 6.41. The Morgan fingerprint density at radius 1 is 1.45 bits per heavy atom. The average Bonchev–Trinajstić information content (AvgIpc) is 2.27. The predicted octanol–water partition coefficient (Wildman–Crippen LogP) is 0.179. The molecule has 0 atom stereocenters. The summed E-state index contributed by atoms with van der Waals surface area (Å²) in [5.74, 6) is 0. The number of halogens is 1. The normalized spacial score (nSPS) is 13.7. The first kappa shape index (κ1) is 6.49. The highest BCUT2D eigenvalue weighted by Crippen LogP contribution is 1.97. The van der Waals surface area contributed by atoms with E-state index in [0.29, 0.717) is 10.9 Å². The Kier molecular flexibility index (Phi) is 1.26. The van der Waals surface area contributed by atoms with E-state index in [1.165, 1.54) is 0 Å². The van der Waals surface area contributed by atoms with Gasteiger partial charge in [0.1, 0.15) is 0 Å². The van der Waals surface area contributed by atoms with Crippen molar-refractivity contribution in [3.05, 3.63) is 41.3 Å². The molecular weight excluding hydrogens is 162 g/mol. The molecule has 1 aromatic rings. The fourth-order valence-corrected chi connectivity index (χ4v) is 1.05. The molecule has 0 radical (unpaired) electrons. The smallest absolute Gasteiger partial charge is 0.0957 e. The third kappa shape index (κ3) is 1.03. The van der Waals surface area contributed by atoms with Crippen LogP contribution in [0.25, 0.3) is 0 Å². The molecule has 0 amide bonds. The minimum atomic E-state index is 0.454. The molecule has 1 aliphatic rings. The molecule has 0 unspecified atom stereocenters. The summed E-state index contributed by atoms with van der Waals surface area (Å²) in [6.07, 6.45) is 1.72. The predicted molar refractivity (Wildman–Crippen MR) is 39.4 cm³/mol. The molecule has 0 saturated carbocycles. The number of rotatable bonds is 0. The van der Waals surface area contributed by atoms with Crippen LogP contribution in [0.1, 0.15) is 0 Å². The minimum Gasteiger partial charge on any atom is -0.0957 e. The molecular formula is C7H5ClN3+. The highest BCUT2D eigenvalue weighted by Gasteiger charge is 2.09.